The molecule has 0 spiro atoms. The molecule has 1 aromatic carbocycles. The molecule has 0 saturated carbocycles. The fraction of sp³-hybridized carbons (Fsp3) is 0.556. The maximum atomic E-state index is 14.1. The highest BCUT2D eigenvalue weighted by molar-refractivity contribution is 6.23. The predicted molar refractivity (Wildman–Crippen MR) is 148 cm³/mol. The molecule has 0 aliphatic carbocycles. The number of Topliss-reactive ketones (excluding diaryl/α,β-unsaturated/α-hetero) is 1. The van der Waals surface area contributed by atoms with Gasteiger partial charge in [-0.1, -0.05) is 13.8 Å². The molecule has 15 nitrogen and oxygen atoms in total. The van der Waals surface area contributed by atoms with Crippen molar-refractivity contribution in [2.24, 2.45) is 11.7 Å². The number of likely N-dealkylation sites (tertiary alicyclic amines) is 1. The number of methoxy groups -OCH3 is 1. The van der Waals surface area contributed by atoms with Crippen molar-refractivity contribution in [2.75, 3.05) is 18.6 Å². The Labute approximate surface area is 242 Å². The molecule has 2 aliphatic heterocycles. The van der Waals surface area contributed by atoms with Crippen molar-refractivity contribution in [2.45, 2.75) is 77.5 Å². The van der Waals surface area contributed by atoms with Gasteiger partial charge in [-0.05, 0) is 38.7 Å². The molecular weight excluding hydrogens is 552 g/mol. The van der Waals surface area contributed by atoms with Crippen LogP contribution in [-0.4, -0.2) is 83.0 Å². The molecule has 0 radical (unpaired) electrons. The summed E-state index contributed by atoms with van der Waals surface area (Å²) >= 11 is 0. The second-order valence-electron chi connectivity index (χ2n) is 10.7. The van der Waals surface area contributed by atoms with Crippen molar-refractivity contribution >= 4 is 46.7 Å². The molecule has 5 amide bonds. The number of anilines is 1. The summed E-state index contributed by atoms with van der Waals surface area (Å²) in [5.74, 6) is -4.65. The second kappa shape index (κ2) is 13.1. The summed E-state index contributed by atoms with van der Waals surface area (Å²) in [4.78, 5) is 90.9. The van der Waals surface area contributed by atoms with E-state index in [1.165, 1.54) is 18.7 Å². The number of carbonyl (C=O) groups is 6. The highest BCUT2D eigenvalue weighted by atomic mass is 16.6. The maximum Gasteiger partial charge on any atom is 0.311 e. The molecule has 42 heavy (non-hydrogen) atoms. The van der Waals surface area contributed by atoms with Gasteiger partial charge in [-0.25, -0.2) is 4.90 Å². The van der Waals surface area contributed by atoms with E-state index in [0.717, 1.165) is 24.1 Å². The Bertz CT molecular complexity index is 1300. The van der Waals surface area contributed by atoms with Crippen LogP contribution >= 0.6 is 0 Å². The number of carbonyl (C=O) groups excluding carboxylic acids is 6. The molecular formula is C27H36N6O9. The maximum absolute atomic E-state index is 14.1. The number of nitro benzene ring substituents is 1. The molecule has 228 valence electrons. The first-order valence-corrected chi connectivity index (χ1v) is 13.6. The number of ether oxygens (including phenoxy) is 1. The Hall–Kier alpha value is -4.40. The molecule has 2 fully saturated rings. The molecule has 0 aromatic heterocycles. The van der Waals surface area contributed by atoms with Crippen LogP contribution < -0.4 is 26.0 Å². The smallest absolute Gasteiger partial charge is 0.311 e. The standard InChI is InChI=1S/C27H36N6O9/c1-13(2)22(30-26(38)18-7-6-12-31(18)27(39)15(4)29-25(37)14(3)28)23(36)21-16(32-19(34)10-11-20(32)35)8-9-17(33(40)41)24(21)42-5/h8-9,13-15,18,22H,6-7,10-12,28H2,1-5H3,(H,29,37)(H,30,38)/t14-,15-,18-,22-/m0/s1. The number of rotatable bonds is 11. The normalized spacial score (nSPS) is 19.0. The minimum Gasteiger partial charge on any atom is -0.490 e. The number of hydrogen-bond donors (Lipinski definition) is 3. The molecule has 2 heterocycles. The zero-order valence-corrected chi connectivity index (χ0v) is 24.2. The quantitative estimate of drug-likeness (QED) is 0.140. The number of nitrogens with zero attached hydrogens (tertiary/aromatic N) is 3. The van der Waals surface area contributed by atoms with Crippen LogP contribution in [0.4, 0.5) is 11.4 Å². The SMILES string of the molecule is COc1c([N+](=O)[O-])ccc(N2C(=O)CCC2=O)c1C(=O)[C@@H](NC(=O)[C@@H]1CCCN1C(=O)[C@H](C)NC(=O)[C@H](C)N)C(C)C. The van der Waals surface area contributed by atoms with Crippen molar-refractivity contribution in [3.8, 4) is 5.75 Å². The minimum absolute atomic E-state index is 0.0925. The molecule has 3 rings (SSSR count). The lowest BCUT2D eigenvalue weighted by Gasteiger charge is -2.30. The average Bonchev–Trinajstić information content (AvgIpc) is 3.55. The van der Waals surface area contributed by atoms with E-state index in [-0.39, 0.29) is 30.6 Å². The molecule has 2 saturated heterocycles. The molecule has 2 aliphatic rings. The summed E-state index contributed by atoms with van der Waals surface area (Å²) in [5, 5.41) is 16.9. The first-order valence-electron chi connectivity index (χ1n) is 13.6. The summed E-state index contributed by atoms with van der Waals surface area (Å²) in [5.41, 5.74) is 4.44. The molecule has 4 N–H and O–H groups in total. The molecule has 4 atom stereocenters. The molecule has 0 bridgehead atoms. The van der Waals surface area contributed by atoms with Gasteiger partial charge in [-0.2, -0.15) is 0 Å². The van der Waals surface area contributed by atoms with E-state index in [4.69, 9.17) is 10.5 Å². The fourth-order valence-electron chi connectivity index (χ4n) is 5.08. The van der Waals surface area contributed by atoms with E-state index in [1.54, 1.807) is 13.8 Å². The van der Waals surface area contributed by atoms with Gasteiger partial charge in [0.1, 0.15) is 12.1 Å². The number of ketones is 1. The van der Waals surface area contributed by atoms with E-state index in [0.29, 0.717) is 12.8 Å². The first-order chi connectivity index (χ1) is 19.7. The molecule has 1 aromatic rings. The minimum atomic E-state index is -1.27. The second-order valence-corrected chi connectivity index (χ2v) is 10.7. The van der Waals surface area contributed by atoms with Gasteiger partial charge < -0.3 is 26.0 Å². The summed E-state index contributed by atoms with van der Waals surface area (Å²) in [7, 11) is 1.12. The lowest BCUT2D eigenvalue weighted by Crippen LogP contribution is -2.56. The highest BCUT2D eigenvalue weighted by Gasteiger charge is 2.42. The van der Waals surface area contributed by atoms with E-state index >= 15 is 0 Å². The summed E-state index contributed by atoms with van der Waals surface area (Å²) < 4.78 is 5.27. The van der Waals surface area contributed by atoms with E-state index in [1.807, 2.05) is 0 Å². The third-order valence-corrected chi connectivity index (χ3v) is 7.28. The van der Waals surface area contributed by atoms with Crippen LogP contribution in [0.15, 0.2) is 12.1 Å². The number of amides is 5. The van der Waals surface area contributed by atoms with Gasteiger partial charge in [0.25, 0.3) is 0 Å². The Morgan fingerprint density at radius 2 is 1.69 bits per heavy atom. The van der Waals surface area contributed by atoms with Gasteiger partial charge in [0.2, 0.25) is 35.3 Å². The van der Waals surface area contributed by atoms with Crippen LogP contribution in [0.3, 0.4) is 0 Å². The Morgan fingerprint density at radius 3 is 2.21 bits per heavy atom. The topological polar surface area (TPSA) is 211 Å². The van der Waals surface area contributed by atoms with Crippen molar-refractivity contribution < 1.29 is 38.4 Å². The van der Waals surface area contributed by atoms with Gasteiger partial charge in [0.15, 0.2) is 5.78 Å². The van der Waals surface area contributed by atoms with E-state index < -0.39 is 81.8 Å². The number of nitro groups is 1. The number of nitrogens with two attached hydrogens (primary N) is 1. The number of imide groups is 1. The van der Waals surface area contributed by atoms with Gasteiger partial charge in [-0.3, -0.25) is 38.9 Å². The van der Waals surface area contributed by atoms with Crippen LogP contribution in [-0.2, 0) is 24.0 Å². The van der Waals surface area contributed by atoms with Crippen LogP contribution in [0.5, 0.6) is 5.75 Å². The Balaban J connectivity index is 1.96. The number of benzene rings is 1. The zero-order chi connectivity index (χ0) is 31.5. The number of nitrogens with one attached hydrogen (secondary N) is 2. The van der Waals surface area contributed by atoms with Gasteiger partial charge >= 0.3 is 5.69 Å². The lowest BCUT2D eigenvalue weighted by atomic mass is 9.92. The first kappa shape index (κ1) is 32.1. The molecule has 0 unspecified atom stereocenters. The van der Waals surface area contributed by atoms with Crippen LogP contribution in [0.1, 0.15) is 63.7 Å². The molecule has 15 heteroatoms. The van der Waals surface area contributed by atoms with E-state index in [9.17, 15) is 38.9 Å². The third kappa shape index (κ3) is 6.40. The van der Waals surface area contributed by atoms with Crippen LogP contribution in [0.2, 0.25) is 0 Å². The Kier molecular flexibility index (Phi) is 9.99. The zero-order valence-electron chi connectivity index (χ0n) is 24.2. The summed E-state index contributed by atoms with van der Waals surface area (Å²) in [6.07, 6.45) is 0.613. The number of hydrogen-bond acceptors (Lipinski definition) is 10. The van der Waals surface area contributed by atoms with Gasteiger partial charge in [0.05, 0.1) is 35.4 Å². The van der Waals surface area contributed by atoms with E-state index in [2.05, 4.69) is 10.6 Å². The third-order valence-electron chi connectivity index (χ3n) is 7.28. The van der Waals surface area contributed by atoms with Crippen molar-refractivity contribution in [3.05, 3.63) is 27.8 Å². The summed E-state index contributed by atoms with van der Waals surface area (Å²) in [6.45, 7) is 6.48. The van der Waals surface area contributed by atoms with Crippen molar-refractivity contribution in [1.29, 1.82) is 0 Å². The van der Waals surface area contributed by atoms with Crippen molar-refractivity contribution in [3.63, 3.8) is 0 Å². The van der Waals surface area contributed by atoms with Crippen LogP contribution in [0, 0.1) is 16.0 Å². The monoisotopic (exact) mass is 588 g/mol. The van der Waals surface area contributed by atoms with Crippen molar-refractivity contribution in [1.82, 2.24) is 15.5 Å². The largest absolute Gasteiger partial charge is 0.490 e. The fourth-order valence-corrected chi connectivity index (χ4v) is 5.08. The van der Waals surface area contributed by atoms with Gasteiger partial charge in [0, 0.05) is 25.5 Å². The predicted octanol–water partition coefficient (Wildman–Crippen LogP) is 0.423. The Morgan fingerprint density at radius 1 is 1.07 bits per heavy atom. The van der Waals surface area contributed by atoms with Gasteiger partial charge in [-0.15, -0.1) is 0 Å². The highest BCUT2D eigenvalue weighted by Crippen LogP contribution is 2.40. The lowest BCUT2D eigenvalue weighted by molar-refractivity contribution is -0.385. The average molecular weight is 589 g/mol. The van der Waals surface area contributed by atoms with Crippen LogP contribution in [0.25, 0.3) is 0 Å². The summed E-state index contributed by atoms with van der Waals surface area (Å²) in [6, 6.07) is -1.82.